The average Bonchev–Trinajstić information content (AvgIpc) is 3.95. The molecule has 6 heteroatoms. The Morgan fingerprint density at radius 1 is 0.451 bits per heavy atom. The second-order valence-corrected chi connectivity index (χ2v) is 12.2. The van der Waals surface area contributed by atoms with Crippen LogP contribution in [0.4, 0.5) is 0 Å². The molecule has 4 aromatic heterocycles. The number of nitrogens with zero attached hydrogens (tertiary/aromatic N) is 4. The summed E-state index contributed by atoms with van der Waals surface area (Å²) in [4.78, 5) is 15.0. The van der Waals surface area contributed by atoms with E-state index in [1.807, 2.05) is 84.9 Å². The fourth-order valence-electron chi connectivity index (χ4n) is 7.02. The molecule has 0 radical (unpaired) electrons. The normalized spacial score (nSPS) is 14.4. The van der Waals surface area contributed by atoms with Gasteiger partial charge in [-0.25, -0.2) is 4.98 Å². The molecule has 0 N–H and O–H groups in total. The quantitative estimate of drug-likeness (QED) is 0.187. The molecule has 11 rings (SSSR count). The molecule has 4 heterocycles. The molecule has 51 heavy (non-hydrogen) atoms. The topological polar surface area (TPSA) is 69.9 Å². The maximum absolute atomic E-state index is 9.26. The highest BCUT2D eigenvalue weighted by Crippen LogP contribution is 2.39. The molecule has 7 aromatic carbocycles. The number of hydrogen-bond acceptors (Lipinski definition) is 5. The van der Waals surface area contributed by atoms with E-state index in [0.717, 1.165) is 32.7 Å². The van der Waals surface area contributed by atoms with Crippen LogP contribution in [0.5, 0.6) is 0 Å². The van der Waals surface area contributed by atoms with Crippen LogP contribution in [0.3, 0.4) is 0 Å². The van der Waals surface area contributed by atoms with E-state index in [2.05, 4.69) is 0 Å². The number of hydrogen-bond donors (Lipinski definition) is 0. The average molecular weight is 664 g/mol. The molecule has 0 aliphatic heterocycles. The molecule has 11 aromatic rings. The van der Waals surface area contributed by atoms with Crippen LogP contribution in [0.15, 0.2) is 166 Å². The SMILES string of the molecule is [2H]c1c([2H])c([2H])c(-c2cccc3c2c2c([2H])c([2H])c([2H])c([2H])c2n3-c2nc(-c3ccc4c(c3)oc3ccccc34)nc(-c3ccc4c(c3)oc3ccccc34)n2)c([2H])c1[2H]. The van der Waals surface area contributed by atoms with E-state index >= 15 is 0 Å². The minimum atomic E-state index is -0.558. The molecule has 0 fully saturated rings. The Labute approximate surface area is 303 Å². The van der Waals surface area contributed by atoms with E-state index in [1.54, 1.807) is 18.2 Å². The van der Waals surface area contributed by atoms with Crippen molar-refractivity contribution in [3.05, 3.63) is 158 Å². The number of rotatable bonds is 4. The van der Waals surface area contributed by atoms with Crippen molar-refractivity contribution in [1.29, 1.82) is 0 Å². The zero-order valence-electron chi connectivity index (χ0n) is 35.4. The summed E-state index contributed by atoms with van der Waals surface area (Å²) < 4.78 is 92.7. The van der Waals surface area contributed by atoms with Gasteiger partial charge in [0.1, 0.15) is 22.3 Å². The van der Waals surface area contributed by atoms with Gasteiger partial charge in [0.2, 0.25) is 5.95 Å². The highest BCUT2D eigenvalue weighted by molar-refractivity contribution is 6.15. The van der Waals surface area contributed by atoms with Crippen molar-refractivity contribution < 1.29 is 21.2 Å². The largest absolute Gasteiger partial charge is 0.456 e. The summed E-state index contributed by atoms with van der Waals surface area (Å²) >= 11 is 0. The van der Waals surface area contributed by atoms with Crippen LogP contribution >= 0.6 is 0 Å². The standard InChI is InChI=1S/C45H26N4O2/c1-2-11-27(12-3-1)30-16-10-18-37-42(30)35-15-4-7-17-36(35)49(37)45-47-43(28-21-23-33-31-13-5-8-19-38(31)50-40(33)25-28)46-44(48-45)29-22-24-34-32-14-6-9-20-39(32)51-41(34)26-29/h1-26H/i1D,2D,3D,4D,7D,11D,12D,15D,17D. The second-order valence-electron chi connectivity index (χ2n) is 12.2. The molecule has 0 aliphatic carbocycles. The van der Waals surface area contributed by atoms with Gasteiger partial charge in [-0.05, 0) is 59.6 Å². The second kappa shape index (κ2) is 10.7. The van der Waals surface area contributed by atoms with E-state index in [9.17, 15) is 2.74 Å². The molecule has 0 aliphatic rings. The Morgan fingerprint density at radius 3 is 1.71 bits per heavy atom. The van der Waals surface area contributed by atoms with Crippen molar-refractivity contribution in [2.75, 3.05) is 0 Å². The summed E-state index contributed by atoms with van der Waals surface area (Å²) in [6.45, 7) is 0. The first kappa shape index (κ1) is 20.5. The van der Waals surface area contributed by atoms with Crippen molar-refractivity contribution in [2.24, 2.45) is 0 Å². The predicted octanol–water partition coefficient (Wildman–Crippen LogP) is 11.8. The lowest BCUT2D eigenvalue weighted by Gasteiger charge is -2.11. The van der Waals surface area contributed by atoms with Gasteiger partial charge in [-0.15, -0.1) is 0 Å². The molecule has 0 spiro atoms. The molecule has 0 amide bonds. The van der Waals surface area contributed by atoms with Gasteiger partial charge >= 0.3 is 0 Å². The van der Waals surface area contributed by atoms with Crippen LogP contribution in [-0.4, -0.2) is 19.5 Å². The first-order chi connectivity index (χ1) is 29.0. The molecule has 0 bridgehead atoms. The highest BCUT2D eigenvalue weighted by Gasteiger charge is 2.21. The molecular formula is C45H26N4O2. The molecular weight excluding hydrogens is 629 g/mol. The number of furan rings is 2. The van der Waals surface area contributed by atoms with Crippen molar-refractivity contribution >= 4 is 65.7 Å². The molecule has 0 saturated carbocycles. The number of benzene rings is 7. The van der Waals surface area contributed by atoms with E-state index in [-0.39, 0.29) is 57.1 Å². The summed E-state index contributed by atoms with van der Waals surface area (Å²) in [5.41, 5.74) is 4.21. The summed E-state index contributed by atoms with van der Waals surface area (Å²) in [6, 6.07) is 27.3. The number of fused-ring (bicyclic) bond motifs is 9. The minimum absolute atomic E-state index is 0.00708. The van der Waals surface area contributed by atoms with Gasteiger partial charge in [-0.2, -0.15) is 9.97 Å². The molecule has 0 atom stereocenters. The summed E-state index contributed by atoms with van der Waals surface area (Å²) in [5, 5.41) is 3.99. The highest BCUT2D eigenvalue weighted by atomic mass is 16.3. The van der Waals surface area contributed by atoms with Crippen LogP contribution in [0.25, 0.3) is 106 Å². The Balaban J connectivity index is 1.25. The molecule has 238 valence electrons. The Hall–Kier alpha value is -7.05. The van der Waals surface area contributed by atoms with Crippen LogP contribution < -0.4 is 0 Å². The van der Waals surface area contributed by atoms with Crippen LogP contribution in [-0.2, 0) is 0 Å². The Morgan fingerprint density at radius 2 is 1.04 bits per heavy atom. The van der Waals surface area contributed by atoms with Gasteiger partial charge in [0.05, 0.1) is 23.4 Å². The first-order valence-corrected chi connectivity index (χ1v) is 16.2. The zero-order valence-corrected chi connectivity index (χ0v) is 26.4. The van der Waals surface area contributed by atoms with Gasteiger partial charge in [-0.1, -0.05) is 109 Å². The van der Waals surface area contributed by atoms with Crippen molar-refractivity contribution in [3.63, 3.8) is 0 Å². The third kappa shape index (κ3) is 4.26. The van der Waals surface area contributed by atoms with Crippen LogP contribution in [0.1, 0.15) is 12.3 Å². The van der Waals surface area contributed by atoms with E-state index in [4.69, 9.17) is 33.4 Å². The monoisotopic (exact) mass is 663 g/mol. The molecule has 0 unspecified atom stereocenters. The van der Waals surface area contributed by atoms with Gasteiger partial charge < -0.3 is 8.83 Å². The zero-order chi connectivity index (χ0) is 41.3. The van der Waals surface area contributed by atoms with Crippen molar-refractivity contribution in [3.8, 4) is 39.9 Å². The Bertz CT molecular complexity index is 3530. The third-order valence-corrected chi connectivity index (χ3v) is 9.29. The third-order valence-electron chi connectivity index (χ3n) is 9.29. The fourth-order valence-corrected chi connectivity index (χ4v) is 7.02. The van der Waals surface area contributed by atoms with Gasteiger partial charge in [0.15, 0.2) is 11.6 Å². The molecule has 0 saturated heterocycles. The van der Waals surface area contributed by atoms with Crippen molar-refractivity contribution in [1.82, 2.24) is 19.5 Å². The van der Waals surface area contributed by atoms with E-state index in [1.165, 1.54) is 4.57 Å². The lowest BCUT2D eigenvalue weighted by molar-refractivity contribution is 0.668. The summed E-state index contributed by atoms with van der Waals surface area (Å²) in [5.74, 6) is 0.479. The van der Waals surface area contributed by atoms with Gasteiger partial charge in [0, 0.05) is 43.4 Å². The lowest BCUT2D eigenvalue weighted by Crippen LogP contribution is -2.06. The van der Waals surface area contributed by atoms with Crippen LogP contribution in [0, 0.1) is 0 Å². The maximum Gasteiger partial charge on any atom is 0.238 e. The Kier molecular flexibility index (Phi) is 4.30. The smallest absolute Gasteiger partial charge is 0.238 e. The van der Waals surface area contributed by atoms with Gasteiger partial charge in [0.25, 0.3) is 0 Å². The fraction of sp³-hybridized carbons (Fsp3) is 0. The summed E-state index contributed by atoms with van der Waals surface area (Å²) in [7, 11) is 0. The first-order valence-electron chi connectivity index (χ1n) is 20.7. The minimum Gasteiger partial charge on any atom is -0.456 e. The predicted molar refractivity (Wildman–Crippen MR) is 205 cm³/mol. The summed E-state index contributed by atoms with van der Waals surface area (Å²) in [6.07, 6.45) is 0. The van der Waals surface area contributed by atoms with E-state index < -0.39 is 42.3 Å². The van der Waals surface area contributed by atoms with E-state index in [0.29, 0.717) is 27.8 Å². The lowest BCUT2D eigenvalue weighted by atomic mass is 9.99. The molecule has 6 nitrogen and oxygen atoms in total. The maximum atomic E-state index is 9.26. The van der Waals surface area contributed by atoms with Crippen LogP contribution in [0.2, 0.25) is 0 Å². The van der Waals surface area contributed by atoms with Gasteiger partial charge in [-0.3, -0.25) is 4.57 Å². The van der Waals surface area contributed by atoms with Crippen molar-refractivity contribution in [2.45, 2.75) is 0 Å². The number of aromatic nitrogens is 4. The number of para-hydroxylation sites is 3.